The minimum atomic E-state index is -0.568. The third-order valence-electron chi connectivity index (χ3n) is 2.41. The Morgan fingerprint density at radius 1 is 1.28 bits per heavy atom. The minimum Gasteiger partial charge on any atom is -0.507 e. The summed E-state index contributed by atoms with van der Waals surface area (Å²) in [4.78, 5) is 15.6. The van der Waals surface area contributed by atoms with Gasteiger partial charge in [-0.1, -0.05) is 0 Å². The summed E-state index contributed by atoms with van der Waals surface area (Å²) in [6.07, 6.45) is 3.22. The van der Waals surface area contributed by atoms with E-state index in [2.05, 4.69) is 10.3 Å². The molecule has 0 bridgehead atoms. The van der Waals surface area contributed by atoms with Crippen LogP contribution in [0.15, 0.2) is 42.7 Å². The molecule has 1 heterocycles. The second-order valence-corrected chi connectivity index (χ2v) is 3.70. The van der Waals surface area contributed by atoms with Gasteiger partial charge in [0, 0.05) is 18.9 Å². The zero-order valence-corrected chi connectivity index (χ0v) is 9.43. The first kappa shape index (κ1) is 12.0. The van der Waals surface area contributed by atoms with Crippen molar-refractivity contribution >= 4 is 5.91 Å². The third-order valence-corrected chi connectivity index (χ3v) is 2.41. The maximum Gasteiger partial charge on any atom is 0.255 e. The van der Waals surface area contributed by atoms with Crippen LogP contribution in [0.1, 0.15) is 15.9 Å². The molecule has 92 valence electrons. The van der Waals surface area contributed by atoms with E-state index in [0.29, 0.717) is 0 Å². The third kappa shape index (κ3) is 2.82. The lowest BCUT2D eigenvalue weighted by Gasteiger charge is -2.06. The summed E-state index contributed by atoms with van der Waals surface area (Å²) in [5.41, 5.74) is 0.790. The smallest absolute Gasteiger partial charge is 0.255 e. The number of carbonyl (C=O) groups excluding carboxylic acids is 1. The largest absolute Gasteiger partial charge is 0.507 e. The first-order valence-electron chi connectivity index (χ1n) is 5.32. The van der Waals surface area contributed by atoms with Crippen LogP contribution in [0.25, 0.3) is 0 Å². The summed E-state index contributed by atoms with van der Waals surface area (Å²) >= 11 is 0. The van der Waals surface area contributed by atoms with Gasteiger partial charge >= 0.3 is 0 Å². The first-order valence-corrected chi connectivity index (χ1v) is 5.32. The molecule has 2 N–H and O–H groups in total. The molecule has 0 saturated carbocycles. The molecule has 1 amide bonds. The van der Waals surface area contributed by atoms with Crippen molar-refractivity contribution in [1.82, 2.24) is 10.3 Å². The number of nitrogens with zero attached hydrogens (tertiary/aromatic N) is 1. The SMILES string of the molecule is O=C(NCc1ccncc1)c1cc(F)ccc1O. The monoisotopic (exact) mass is 246 g/mol. The Labute approximate surface area is 103 Å². The van der Waals surface area contributed by atoms with Crippen LogP contribution in [0.3, 0.4) is 0 Å². The predicted molar refractivity (Wildman–Crippen MR) is 63.5 cm³/mol. The highest BCUT2D eigenvalue weighted by Gasteiger charge is 2.11. The van der Waals surface area contributed by atoms with Gasteiger partial charge in [-0.3, -0.25) is 9.78 Å². The van der Waals surface area contributed by atoms with Crippen molar-refractivity contribution in [3.63, 3.8) is 0 Å². The van der Waals surface area contributed by atoms with Gasteiger partial charge in [-0.05, 0) is 35.9 Å². The molecular weight excluding hydrogens is 235 g/mol. The molecule has 2 rings (SSSR count). The number of pyridine rings is 1. The number of phenols is 1. The van der Waals surface area contributed by atoms with Gasteiger partial charge in [0.2, 0.25) is 0 Å². The molecular formula is C13H11FN2O2. The highest BCUT2D eigenvalue weighted by Crippen LogP contribution is 2.17. The molecule has 1 aromatic carbocycles. The Morgan fingerprint density at radius 2 is 2.00 bits per heavy atom. The molecule has 1 aromatic heterocycles. The number of carbonyl (C=O) groups is 1. The quantitative estimate of drug-likeness (QED) is 0.868. The normalized spacial score (nSPS) is 10.1. The Morgan fingerprint density at radius 3 is 2.72 bits per heavy atom. The van der Waals surface area contributed by atoms with Gasteiger partial charge in [-0.15, -0.1) is 0 Å². The average molecular weight is 246 g/mol. The highest BCUT2D eigenvalue weighted by atomic mass is 19.1. The number of phenolic OH excluding ortho intramolecular Hbond substituents is 1. The van der Waals surface area contributed by atoms with Crippen molar-refractivity contribution < 1.29 is 14.3 Å². The first-order chi connectivity index (χ1) is 8.66. The van der Waals surface area contributed by atoms with Crippen molar-refractivity contribution in [2.45, 2.75) is 6.54 Å². The van der Waals surface area contributed by atoms with E-state index in [-0.39, 0.29) is 17.9 Å². The van der Waals surface area contributed by atoms with E-state index in [0.717, 1.165) is 23.8 Å². The summed E-state index contributed by atoms with van der Waals surface area (Å²) in [5, 5.41) is 12.1. The Hall–Kier alpha value is -2.43. The van der Waals surface area contributed by atoms with Gasteiger partial charge in [-0.25, -0.2) is 4.39 Å². The van der Waals surface area contributed by atoms with Crippen LogP contribution in [-0.2, 0) is 6.54 Å². The lowest BCUT2D eigenvalue weighted by Crippen LogP contribution is -2.23. The maximum atomic E-state index is 13.0. The zero-order valence-electron chi connectivity index (χ0n) is 9.43. The Balaban J connectivity index is 2.06. The van der Waals surface area contributed by atoms with E-state index < -0.39 is 11.7 Å². The standard InChI is InChI=1S/C13H11FN2O2/c14-10-1-2-12(17)11(7-10)13(18)16-8-9-3-5-15-6-4-9/h1-7,17H,8H2,(H,16,18). The molecule has 0 spiro atoms. The molecule has 0 aliphatic rings. The maximum absolute atomic E-state index is 13.0. The average Bonchev–Trinajstić information content (AvgIpc) is 2.40. The van der Waals surface area contributed by atoms with Crippen molar-refractivity contribution in [1.29, 1.82) is 0 Å². The van der Waals surface area contributed by atoms with E-state index in [9.17, 15) is 14.3 Å². The van der Waals surface area contributed by atoms with Gasteiger partial charge in [0.05, 0.1) is 5.56 Å². The summed E-state index contributed by atoms with van der Waals surface area (Å²) < 4.78 is 13.0. The minimum absolute atomic E-state index is 0.0796. The zero-order chi connectivity index (χ0) is 13.0. The van der Waals surface area contributed by atoms with Crippen LogP contribution in [-0.4, -0.2) is 16.0 Å². The summed E-state index contributed by atoms with van der Waals surface area (Å²) in [5.74, 6) is -1.34. The van der Waals surface area contributed by atoms with E-state index >= 15 is 0 Å². The van der Waals surface area contributed by atoms with Crippen LogP contribution >= 0.6 is 0 Å². The molecule has 5 heteroatoms. The lowest BCUT2D eigenvalue weighted by atomic mass is 10.1. The summed E-state index contributed by atoms with van der Waals surface area (Å²) in [6, 6.07) is 6.75. The van der Waals surface area contributed by atoms with Crippen molar-refractivity contribution in [2.75, 3.05) is 0 Å². The predicted octanol–water partition coefficient (Wildman–Crippen LogP) is 1.86. The molecule has 18 heavy (non-hydrogen) atoms. The molecule has 2 aromatic rings. The number of benzene rings is 1. The number of hydrogen-bond donors (Lipinski definition) is 2. The van der Waals surface area contributed by atoms with Gasteiger partial charge in [-0.2, -0.15) is 0 Å². The second-order valence-electron chi connectivity index (χ2n) is 3.70. The fraction of sp³-hybridized carbons (Fsp3) is 0.0769. The van der Waals surface area contributed by atoms with Crippen LogP contribution in [0, 0.1) is 5.82 Å². The molecule has 0 unspecified atom stereocenters. The van der Waals surface area contributed by atoms with E-state index in [1.807, 2.05) is 0 Å². The van der Waals surface area contributed by atoms with Crippen LogP contribution in [0.5, 0.6) is 5.75 Å². The van der Waals surface area contributed by atoms with Crippen molar-refractivity contribution in [2.24, 2.45) is 0 Å². The molecule has 4 nitrogen and oxygen atoms in total. The highest BCUT2D eigenvalue weighted by molar-refractivity contribution is 5.96. The lowest BCUT2D eigenvalue weighted by molar-refractivity contribution is 0.0947. The Kier molecular flexibility index (Phi) is 3.52. The van der Waals surface area contributed by atoms with Crippen LogP contribution in [0.2, 0.25) is 0 Å². The van der Waals surface area contributed by atoms with E-state index in [1.165, 1.54) is 0 Å². The van der Waals surface area contributed by atoms with Crippen LogP contribution in [0.4, 0.5) is 4.39 Å². The number of amides is 1. The van der Waals surface area contributed by atoms with Gasteiger partial charge in [0.15, 0.2) is 0 Å². The van der Waals surface area contributed by atoms with E-state index in [1.54, 1.807) is 24.5 Å². The molecule has 0 aliphatic carbocycles. The Bertz CT molecular complexity index is 558. The summed E-state index contributed by atoms with van der Waals surface area (Å²) in [6.45, 7) is 0.289. The van der Waals surface area contributed by atoms with Gasteiger partial charge < -0.3 is 10.4 Å². The fourth-order valence-electron chi connectivity index (χ4n) is 1.47. The number of rotatable bonds is 3. The molecule has 0 fully saturated rings. The fourth-order valence-corrected chi connectivity index (χ4v) is 1.47. The van der Waals surface area contributed by atoms with Gasteiger partial charge in [0.1, 0.15) is 11.6 Å². The number of aromatic nitrogens is 1. The number of halogens is 1. The molecule has 0 radical (unpaired) electrons. The molecule has 0 aliphatic heterocycles. The number of aromatic hydroxyl groups is 1. The topological polar surface area (TPSA) is 62.2 Å². The number of nitrogens with one attached hydrogen (secondary N) is 1. The molecule has 0 saturated heterocycles. The molecule has 0 atom stereocenters. The van der Waals surface area contributed by atoms with E-state index in [4.69, 9.17) is 0 Å². The second kappa shape index (κ2) is 5.27. The van der Waals surface area contributed by atoms with Crippen LogP contribution < -0.4 is 5.32 Å². The van der Waals surface area contributed by atoms with Gasteiger partial charge in [0.25, 0.3) is 5.91 Å². The number of hydrogen-bond acceptors (Lipinski definition) is 3. The summed E-state index contributed by atoms with van der Waals surface area (Å²) in [7, 11) is 0. The van der Waals surface area contributed by atoms with Crippen molar-refractivity contribution in [3.8, 4) is 5.75 Å². The van der Waals surface area contributed by atoms with Crippen molar-refractivity contribution in [3.05, 3.63) is 59.7 Å².